The maximum Gasteiger partial charge on any atom is 0.224 e. The third kappa shape index (κ3) is 3.09. The first-order valence-corrected chi connectivity index (χ1v) is 7.46. The molecule has 3 nitrogen and oxygen atoms in total. The lowest BCUT2D eigenvalue weighted by molar-refractivity contribution is -0.125. The number of amides is 1. The van der Waals surface area contributed by atoms with Crippen molar-refractivity contribution in [2.75, 3.05) is 5.75 Å². The summed E-state index contributed by atoms with van der Waals surface area (Å²) >= 11 is 1.51. The van der Waals surface area contributed by atoms with Crippen molar-refractivity contribution in [2.45, 2.75) is 37.2 Å². The summed E-state index contributed by atoms with van der Waals surface area (Å²) in [5.41, 5.74) is 6.61. The molecule has 1 heterocycles. The number of hydrogen-bond donors (Lipinski definition) is 2. The first-order valence-electron chi connectivity index (χ1n) is 6.48. The van der Waals surface area contributed by atoms with E-state index in [9.17, 15) is 9.18 Å². The number of carbonyl (C=O) groups excluding carboxylic acids is 1. The highest BCUT2D eigenvalue weighted by atomic mass is 32.2. The molecule has 19 heavy (non-hydrogen) atoms. The largest absolute Gasteiger partial charge is 0.349 e. The predicted molar refractivity (Wildman–Crippen MR) is 75.4 cm³/mol. The van der Waals surface area contributed by atoms with E-state index in [1.54, 1.807) is 6.07 Å². The van der Waals surface area contributed by atoms with Gasteiger partial charge in [0.05, 0.1) is 6.04 Å². The van der Waals surface area contributed by atoms with Gasteiger partial charge in [-0.25, -0.2) is 4.39 Å². The van der Waals surface area contributed by atoms with Gasteiger partial charge < -0.3 is 11.1 Å². The Morgan fingerprint density at radius 1 is 1.53 bits per heavy atom. The zero-order valence-corrected chi connectivity index (χ0v) is 12.0. The van der Waals surface area contributed by atoms with Gasteiger partial charge in [-0.2, -0.15) is 0 Å². The van der Waals surface area contributed by atoms with Gasteiger partial charge in [0.2, 0.25) is 5.91 Å². The van der Waals surface area contributed by atoms with E-state index in [4.69, 9.17) is 5.73 Å². The fourth-order valence-corrected chi connectivity index (χ4v) is 3.22. The Morgan fingerprint density at radius 2 is 2.26 bits per heavy atom. The molecule has 0 saturated heterocycles. The lowest BCUT2D eigenvalue weighted by Gasteiger charge is -2.28. The molecule has 3 atom stereocenters. The van der Waals surface area contributed by atoms with Gasteiger partial charge in [-0.1, -0.05) is 19.1 Å². The number of nitrogens with one attached hydrogen (secondary N) is 1. The minimum Gasteiger partial charge on any atom is -0.349 e. The predicted octanol–water partition coefficient (Wildman–Crippen LogP) is 2.46. The summed E-state index contributed by atoms with van der Waals surface area (Å²) in [7, 11) is 0. The highest BCUT2D eigenvalue weighted by Gasteiger charge is 2.26. The Balaban J connectivity index is 2.16. The zero-order valence-electron chi connectivity index (χ0n) is 11.2. The molecule has 104 valence electrons. The fraction of sp³-hybridized carbons (Fsp3) is 0.500. The van der Waals surface area contributed by atoms with Crippen LogP contribution in [-0.2, 0) is 4.79 Å². The lowest BCUT2D eigenvalue weighted by Crippen LogP contribution is -2.41. The van der Waals surface area contributed by atoms with E-state index < -0.39 is 0 Å². The van der Waals surface area contributed by atoms with Crippen LogP contribution in [0.3, 0.4) is 0 Å². The van der Waals surface area contributed by atoms with Gasteiger partial charge in [-0.15, -0.1) is 11.8 Å². The average molecular weight is 282 g/mol. The van der Waals surface area contributed by atoms with Crippen LogP contribution in [0.1, 0.15) is 31.9 Å². The minimum absolute atomic E-state index is 0.0675. The molecule has 0 aromatic heterocycles. The molecule has 0 fully saturated rings. The molecule has 0 saturated carbocycles. The first-order chi connectivity index (χ1) is 9.00. The number of benzene rings is 1. The number of fused-ring (bicyclic) bond motifs is 1. The van der Waals surface area contributed by atoms with E-state index >= 15 is 0 Å². The highest BCUT2D eigenvalue weighted by molar-refractivity contribution is 7.99. The molecule has 3 unspecified atom stereocenters. The first kappa shape index (κ1) is 14.3. The number of hydrogen-bond acceptors (Lipinski definition) is 3. The summed E-state index contributed by atoms with van der Waals surface area (Å²) in [6.07, 6.45) is 0.818. The second-order valence-corrected chi connectivity index (χ2v) is 6.11. The molecule has 2 rings (SSSR count). The van der Waals surface area contributed by atoms with Crippen LogP contribution in [-0.4, -0.2) is 17.7 Å². The van der Waals surface area contributed by atoms with Crippen LogP contribution in [0.4, 0.5) is 4.39 Å². The number of nitrogens with two attached hydrogens (primary N) is 1. The monoisotopic (exact) mass is 282 g/mol. The van der Waals surface area contributed by atoms with Gasteiger partial charge in [-0.05, 0) is 25.0 Å². The number of halogens is 1. The Hall–Kier alpha value is -1.07. The quantitative estimate of drug-likeness (QED) is 0.895. The summed E-state index contributed by atoms with van der Waals surface area (Å²) in [6, 6.07) is 4.73. The molecule has 0 radical (unpaired) electrons. The molecule has 1 amide bonds. The Bertz CT molecular complexity index is 479. The van der Waals surface area contributed by atoms with Crippen LogP contribution >= 0.6 is 11.8 Å². The fourth-order valence-electron chi connectivity index (χ4n) is 2.08. The topological polar surface area (TPSA) is 55.1 Å². The SMILES string of the molecule is CC(N)C(C)C(=O)NC1CCSc2c(F)cccc21. The molecule has 1 aromatic rings. The van der Waals surface area contributed by atoms with Gasteiger partial charge in [0.15, 0.2) is 0 Å². The van der Waals surface area contributed by atoms with Crippen LogP contribution in [0.15, 0.2) is 23.1 Å². The molecule has 0 aliphatic carbocycles. The van der Waals surface area contributed by atoms with Crippen molar-refractivity contribution >= 4 is 17.7 Å². The average Bonchev–Trinajstić information content (AvgIpc) is 2.39. The molecule has 0 spiro atoms. The maximum absolute atomic E-state index is 13.7. The van der Waals surface area contributed by atoms with Gasteiger partial charge in [0, 0.05) is 22.6 Å². The van der Waals surface area contributed by atoms with E-state index in [0.29, 0.717) is 4.90 Å². The summed E-state index contributed by atoms with van der Waals surface area (Å²) in [4.78, 5) is 12.7. The van der Waals surface area contributed by atoms with Crippen molar-refractivity contribution in [2.24, 2.45) is 11.7 Å². The van der Waals surface area contributed by atoms with Gasteiger partial charge >= 0.3 is 0 Å². The number of thioether (sulfide) groups is 1. The number of rotatable bonds is 3. The van der Waals surface area contributed by atoms with Gasteiger partial charge in [0.25, 0.3) is 0 Å². The molecule has 0 bridgehead atoms. The third-order valence-corrected chi connectivity index (χ3v) is 4.70. The van der Waals surface area contributed by atoms with E-state index in [2.05, 4.69) is 5.32 Å². The van der Waals surface area contributed by atoms with Gasteiger partial charge in [-0.3, -0.25) is 4.79 Å². The number of carbonyl (C=O) groups is 1. The minimum atomic E-state index is -0.244. The van der Waals surface area contributed by atoms with E-state index in [0.717, 1.165) is 17.7 Å². The Kier molecular flexibility index (Phi) is 4.47. The van der Waals surface area contributed by atoms with Crippen molar-refractivity contribution in [3.8, 4) is 0 Å². The molecular formula is C14H19FN2OS. The van der Waals surface area contributed by atoms with Crippen molar-refractivity contribution in [1.29, 1.82) is 0 Å². The highest BCUT2D eigenvalue weighted by Crippen LogP contribution is 2.37. The summed E-state index contributed by atoms with van der Waals surface area (Å²) < 4.78 is 13.7. The van der Waals surface area contributed by atoms with Crippen LogP contribution in [0.5, 0.6) is 0 Å². The van der Waals surface area contributed by atoms with Crippen LogP contribution in [0, 0.1) is 11.7 Å². The Morgan fingerprint density at radius 3 is 2.95 bits per heavy atom. The van der Waals surface area contributed by atoms with Gasteiger partial charge in [0.1, 0.15) is 5.82 Å². The van der Waals surface area contributed by atoms with E-state index in [1.165, 1.54) is 17.8 Å². The molecular weight excluding hydrogens is 263 g/mol. The molecule has 3 N–H and O–H groups in total. The van der Waals surface area contributed by atoms with Crippen LogP contribution in [0.25, 0.3) is 0 Å². The second-order valence-electron chi connectivity index (χ2n) is 5.00. The van der Waals surface area contributed by atoms with Crippen molar-refractivity contribution in [1.82, 2.24) is 5.32 Å². The molecule has 5 heteroatoms. The van der Waals surface area contributed by atoms with Crippen LogP contribution < -0.4 is 11.1 Å². The van der Waals surface area contributed by atoms with E-state index in [-0.39, 0.29) is 29.7 Å². The standard InChI is InChI=1S/C14H19FN2OS/c1-8(9(2)16)14(18)17-12-6-7-19-13-10(12)4-3-5-11(13)15/h3-5,8-9,12H,6-7,16H2,1-2H3,(H,17,18). The molecule has 1 aliphatic rings. The van der Waals surface area contributed by atoms with Crippen LogP contribution in [0.2, 0.25) is 0 Å². The lowest BCUT2D eigenvalue weighted by atomic mass is 10.00. The summed E-state index contributed by atoms with van der Waals surface area (Å²) in [6.45, 7) is 3.62. The van der Waals surface area contributed by atoms with Crippen molar-refractivity contribution in [3.05, 3.63) is 29.6 Å². The summed E-state index contributed by atoms with van der Waals surface area (Å²) in [5, 5.41) is 2.98. The molecule has 1 aromatic carbocycles. The summed E-state index contributed by atoms with van der Waals surface area (Å²) in [5.74, 6) is 0.293. The second kappa shape index (κ2) is 5.92. The maximum atomic E-state index is 13.7. The molecule has 1 aliphatic heterocycles. The normalized spacial score (nSPS) is 21.4. The van der Waals surface area contributed by atoms with Crippen molar-refractivity contribution in [3.63, 3.8) is 0 Å². The Labute approximate surface area is 117 Å². The van der Waals surface area contributed by atoms with Crippen molar-refractivity contribution < 1.29 is 9.18 Å². The smallest absolute Gasteiger partial charge is 0.224 e. The zero-order chi connectivity index (χ0) is 14.0. The third-order valence-electron chi connectivity index (χ3n) is 3.54. The van der Waals surface area contributed by atoms with E-state index in [1.807, 2.05) is 19.9 Å².